The maximum absolute atomic E-state index is 10.2. The number of rotatable bonds is 8. The van der Waals surface area contributed by atoms with Crippen LogP contribution in [0.1, 0.15) is 40.2 Å². The van der Waals surface area contributed by atoms with Gasteiger partial charge in [-0.1, -0.05) is 117 Å². The predicted molar refractivity (Wildman–Crippen MR) is 154 cm³/mol. The molecule has 0 saturated heterocycles. The minimum Gasteiger partial charge on any atom is -0.407 e. The van der Waals surface area contributed by atoms with E-state index >= 15 is 0 Å². The highest BCUT2D eigenvalue weighted by Gasteiger charge is 2.50. The Morgan fingerprint density at radius 3 is 2.09 bits per heavy atom. The number of nitrogens with zero attached hydrogens (tertiary/aromatic N) is 1. The molecule has 1 unspecified atom stereocenters. The number of aliphatic hydroxyl groups excluding tert-OH is 1. The maximum Gasteiger partial charge on any atom is 0.261 e. The first kappa shape index (κ1) is 26.1. The third kappa shape index (κ3) is 5.01. The van der Waals surface area contributed by atoms with Gasteiger partial charge in [-0.2, -0.15) is 0 Å². The Morgan fingerprint density at radius 1 is 1.00 bits per heavy atom. The molecule has 4 rings (SSSR count). The van der Waals surface area contributed by atoms with Crippen LogP contribution in [0.25, 0.3) is 0 Å². The molecule has 0 radical (unpaired) electrons. The Kier molecular flexibility index (Phi) is 7.63. The third-order valence-electron chi connectivity index (χ3n) is 7.37. The molecule has 186 valence electrons. The molecular weight excluding hydrogens is 514 g/mol. The Morgan fingerprint density at radius 2 is 1.57 bits per heavy atom. The molecule has 5 heteroatoms. The zero-order chi connectivity index (χ0) is 25.3. The van der Waals surface area contributed by atoms with Crippen LogP contribution in [0.5, 0.6) is 0 Å². The lowest BCUT2D eigenvalue weighted by molar-refractivity contribution is 0.211. The maximum atomic E-state index is 10.2. The van der Waals surface area contributed by atoms with Crippen molar-refractivity contribution in [2.75, 3.05) is 31.2 Å². The molecule has 3 aromatic carbocycles. The van der Waals surface area contributed by atoms with E-state index in [0.717, 1.165) is 17.6 Å². The monoisotopic (exact) mass is 551 g/mol. The number of halogens is 1. The average Bonchev–Trinajstić information content (AvgIpc) is 3.11. The molecule has 3 aromatic rings. The first-order valence-electron chi connectivity index (χ1n) is 12.5. The van der Waals surface area contributed by atoms with Crippen molar-refractivity contribution in [3.8, 4) is 0 Å². The van der Waals surface area contributed by atoms with Crippen molar-refractivity contribution in [3.63, 3.8) is 0 Å². The van der Waals surface area contributed by atoms with E-state index in [2.05, 4.69) is 134 Å². The van der Waals surface area contributed by atoms with Crippen LogP contribution in [0.4, 0.5) is 5.69 Å². The number of hydrogen-bond acceptors (Lipinski definition) is 3. The molecule has 0 fully saturated rings. The topological polar surface area (TPSA) is 32.7 Å². The second-order valence-corrected chi connectivity index (χ2v) is 16.6. The lowest BCUT2D eigenvalue weighted by atomic mass is 9.85. The van der Waals surface area contributed by atoms with Gasteiger partial charge in [0, 0.05) is 35.3 Å². The second kappa shape index (κ2) is 10.2. The molecule has 3 nitrogen and oxygen atoms in total. The molecule has 1 aliphatic rings. The highest BCUT2D eigenvalue weighted by molar-refractivity contribution is 9.10. The molecule has 1 heterocycles. The van der Waals surface area contributed by atoms with Crippen molar-refractivity contribution in [2.45, 2.75) is 45.1 Å². The van der Waals surface area contributed by atoms with E-state index in [1.165, 1.54) is 21.6 Å². The van der Waals surface area contributed by atoms with Crippen LogP contribution in [0.15, 0.2) is 83.3 Å². The van der Waals surface area contributed by atoms with Crippen LogP contribution in [-0.4, -0.2) is 39.7 Å². The number of aliphatic hydroxyl groups is 1. The fourth-order valence-electron chi connectivity index (χ4n) is 5.62. The van der Waals surface area contributed by atoms with Gasteiger partial charge in [-0.25, -0.2) is 0 Å². The summed E-state index contributed by atoms with van der Waals surface area (Å²) in [6.45, 7) is 13.9. The number of hydrogen-bond donors (Lipinski definition) is 1. The largest absolute Gasteiger partial charge is 0.407 e. The summed E-state index contributed by atoms with van der Waals surface area (Å²) in [6, 6.07) is 28.1. The SMILES string of the molecule is CC(CO[Si](c1ccccc1)(c1ccccc1)C(C)(C)C)CN1C[C@](C)(CO)c2ccc(Br)cc21. The fourth-order valence-corrected chi connectivity index (χ4v) is 10.7. The van der Waals surface area contributed by atoms with E-state index in [1.54, 1.807) is 0 Å². The Bertz CT molecular complexity index is 1090. The summed E-state index contributed by atoms with van der Waals surface area (Å²) in [7, 11) is -2.55. The number of fused-ring (bicyclic) bond motifs is 1. The summed E-state index contributed by atoms with van der Waals surface area (Å²) in [6.07, 6.45) is 0. The smallest absolute Gasteiger partial charge is 0.261 e. The molecule has 0 aliphatic carbocycles. The zero-order valence-electron chi connectivity index (χ0n) is 21.6. The van der Waals surface area contributed by atoms with Gasteiger partial charge in [0.15, 0.2) is 0 Å². The van der Waals surface area contributed by atoms with E-state index in [-0.39, 0.29) is 17.1 Å². The molecule has 0 aromatic heterocycles. The standard InChI is InChI=1S/C30H38BrNO2Si/c1-23(19-32-21-30(5,22-33)27-17-16-24(31)18-28(27)32)20-34-35(29(2,3)4,25-12-8-6-9-13-25)26-14-10-7-11-15-26/h6-18,23,33H,19-22H2,1-5H3/t23?,30-/m1/s1. The van der Waals surface area contributed by atoms with Gasteiger partial charge < -0.3 is 14.4 Å². The van der Waals surface area contributed by atoms with E-state index in [0.29, 0.717) is 12.5 Å². The van der Waals surface area contributed by atoms with Gasteiger partial charge in [0.25, 0.3) is 8.32 Å². The first-order chi connectivity index (χ1) is 16.6. The molecule has 0 saturated carbocycles. The van der Waals surface area contributed by atoms with E-state index < -0.39 is 8.32 Å². The van der Waals surface area contributed by atoms with E-state index in [9.17, 15) is 5.11 Å². The summed E-state index contributed by atoms with van der Waals surface area (Å²) < 4.78 is 8.25. The number of benzene rings is 3. The number of anilines is 1. The van der Waals surface area contributed by atoms with Crippen molar-refractivity contribution in [3.05, 3.63) is 88.9 Å². The minimum atomic E-state index is -2.55. The van der Waals surface area contributed by atoms with Gasteiger partial charge >= 0.3 is 0 Å². The average molecular weight is 553 g/mol. The lowest BCUT2D eigenvalue weighted by Gasteiger charge is -2.43. The minimum absolute atomic E-state index is 0.0318. The molecule has 0 spiro atoms. The van der Waals surface area contributed by atoms with Crippen molar-refractivity contribution in [1.82, 2.24) is 0 Å². The van der Waals surface area contributed by atoms with Crippen LogP contribution < -0.4 is 15.3 Å². The van der Waals surface area contributed by atoms with Crippen LogP contribution in [0.2, 0.25) is 5.04 Å². The van der Waals surface area contributed by atoms with Crippen molar-refractivity contribution in [2.24, 2.45) is 5.92 Å². The van der Waals surface area contributed by atoms with E-state index in [1.807, 2.05) is 0 Å². The van der Waals surface area contributed by atoms with Crippen LogP contribution >= 0.6 is 15.9 Å². The van der Waals surface area contributed by atoms with Crippen molar-refractivity contribution < 1.29 is 9.53 Å². The molecule has 1 aliphatic heterocycles. The van der Waals surface area contributed by atoms with Gasteiger partial charge in [0.05, 0.1) is 6.61 Å². The Balaban J connectivity index is 1.62. The van der Waals surface area contributed by atoms with Crippen LogP contribution in [0, 0.1) is 5.92 Å². The molecule has 0 bridgehead atoms. The van der Waals surface area contributed by atoms with Gasteiger partial charge in [0.2, 0.25) is 0 Å². The van der Waals surface area contributed by atoms with Crippen LogP contribution in [-0.2, 0) is 9.84 Å². The highest BCUT2D eigenvalue weighted by atomic mass is 79.9. The third-order valence-corrected chi connectivity index (χ3v) is 12.9. The lowest BCUT2D eigenvalue weighted by Crippen LogP contribution is -2.67. The zero-order valence-corrected chi connectivity index (χ0v) is 24.2. The van der Waals surface area contributed by atoms with Crippen molar-refractivity contribution in [1.29, 1.82) is 0 Å². The summed E-state index contributed by atoms with van der Waals surface area (Å²) in [5, 5.41) is 12.8. The Labute approximate surface area is 220 Å². The van der Waals surface area contributed by atoms with Gasteiger partial charge in [-0.3, -0.25) is 0 Å². The highest BCUT2D eigenvalue weighted by Crippen LogP contribution is 2.42. The molecule has 0 amide bonds. The molecular formula is C30H38BrNO2Si. The van der Waals surface area contributed by atoms with Crippen LogP contribution in [0.3, 0.4) is 0 Å². The summed E-state index contributed by atoms with van der Waals surface area (Å²) in [4.78, 5) is 2.43. The first-order valence-corrected chi connectivity index (χ1v) is 15.2. The van der Waals surface area contributed by atoms with Crippen molar-refractivity contribution >= 4 is 40.3 Å². The molecule has 1 N–H and O–H groups in total. The summed E-state index contributed by atoms with van der Waals surface area (Å²) in [5.41, 5.74) is 2.20. The fraction of sp³-hybridized carbons (Fsp3) is 0.400. The van der Waals surface area contributed by atoms with E-state index in [4.69, 9.17) is 4.43 Å². The summed E-state index contributed by atoms with van der Waals surface area (Å²) in [5.74, 6) is 0.324. The predicted octanol–water partition coefficient (Wildman–Crippen LogP) is 5.73. The second-order valence-electron chi connectivity index (χ2n) is 11.3. The summed E-state index contributed by atoms with van der Waals surface area (Å²) >= 11 is 3.64. The van der Waals surface area contributed by atoms with Gasteiger partial charge in [-0.05, 0) is 39.0 Å². The molecule has 35 heavy (non-hydrogen) atoms. The quantitative estimate of drug-likeness (QED) is 0.363. The van der Waals surface area contributed by atoms with Gasteiger partial charge in [-0.15, -0.1) is 0 Å². The Hall–Kier alpha value is -1.92. The molecule has 2 atom stereocenters. The normalized spacial score (nSPS) is 19.0. The van der Waals surface area contributed by atoms with Gasteiger partial charge in [0.1, 0.15) is 0 Å².